The van der Waals surface area contributed by atoms with Gasteiger partial charge in [-0.1, -0.05) is 35.4 Å². The zero-order chi connectivity index (χ0) is 19.8. The van der Waals surface area contributed by atoms with Crippen molar-refractivity contribution in [2.24, 2.45) is 10.5 Å². The Morgan fingerprint density at radius 3 is 2.54 bits per heavy atom. The summed E-state index contributed by atoms with van der Waals surface area (Å²) < 4.78 is 11.6. The van der Waals surface area contributed by atoms with E-state index >= 15 is 0 Å². The molecule has 1 aromatic carbocycles. The monoisotopic (exact) mass is 386 g/mol. The Labute approximate surface area is 161 Å². The molecule has 1 spiro atoms. The summed E-state index contributed by atoms with van der Waals surface area (Å²) in [6.07, 6.45) is 1.16. The molecule has 148 valence electrons. The van der Waals surface area contributed by atoms with Gasteiger partial charge < -0.3 is 19.5 Å². The maximum absolute atomic E-state index is 12.4. The molecule has 4 fully saturated rings. The smallest absolute Gasteiger partial charge is 0.410 e. The second-order valence-electron chi connectivity index (χ2n) is 7.94. The maximum atomic E-state index is 12.4. The highest BCUT2D eigenvalue weighted by molar-refractivity contribution is 5.80. The van der Waals surface area contributed by atoms with E-state index < -0.39 is 28.7 Å². The van der Waals surface area contributed by atoms with Gasteiger partial charge in [0.15, 0.2) is 0 Å². The van der Waals surface area contributed by atoms with Crippen molar-refractivity contribution >= 4 is 12.1 Å². The van der Waals surface area contributed by atoms with Crippen molar-refractivity contribution in [1.82, 2.24) is 4.90 Å². The number of hydrogen-bond acceptors (Lipinski definition) is 5. The van der Waals surface area contributed by atoms with Crippen LogP contribution in [-0.2, 0) is 20.9 Å². The van der Waals surface area contributed by atoms with E-state index in [4.69, 9.17) is 15.0 Å². The number of aliphatic carboxylic acids is 1. The van der Waals surface area contributed by atoms with Gasteiger partial charge in [-0.25, -0.2) is 4.79 Å². The summed E-state index contributed by atoms with van der Waals surface area (Å²) in [5.41, 5.74) is 7.04. The van der Waals surface area contributed by atoms with Crippen LogP contribution < -0.4 is 0 Å². The Morgan fingerprint density at radius 1 is 1.25 bits per heavy atom. The minimum atomic E-state index is -0.960. The van der Waals surface area contributed by atoms with E-state index in [2.05, 4.69) is 10.0 Å². The summed E-state index contributed by atoms with van der Waals surface area (Å²) in [4.78, 5) is 28.8. The Hall–Kier alpha value is -2.77. The van der Waals surface area contributed by atoms with Gasteiger partial charge in [0.1, 0.15) is 12.0 Å². The fourth-order valence-electron chi connectivity index (χ4n) is 5.05. The molecular formula is C19H22N4O5. The molecule has 1 aromatic rings. The first-order valence-electron chi connectivity index (χ1n) is 9.34. The van der Waals surface area contributed by atoms with Gasteiger partial charge in [0.25, 0.3) is 0 Å². The Morgan fingerprint density at radius 2 is 1.93 bits per heavy atom. The highest BCUT2D eigenvalue weighted by Crippen LogP contribution is 2.69. The standard InChI is InChI=1S/C19H22N4O5/c20-22-21-13-17-11-18(12-17,15(24)25)19(28-17)6-8-23(9-7-19)16(26)27-10-14-4-2-1-3-5-14/h1-5H,6-13H2,(H,24,25). The number of rotatable bonds is 5. The topological polar surface area (TPSA) is 125 Å². The number of piperidine rings is 1. The third-order valence-electron chi connectivity index (χ3n) is 6.40. The summed E-state index contributed by atoms with van der Waals surface area (Å²) in [5.74, 6) is -0.873. The molecule has 2 bridgehead atoms. The normalized spacial score (nSPS) is 29.6. The average molecular weight is 386 g/mol. The number of azide groups is 1. The van der Waals surface area contributed by atoms with E-state index in [1.54, 1.807) is 4.90 Å². The molecule has 0 radical (unpaired) electrons. The minimum absolute atomic E-state index is 0.142. The van der Waals surface area contributed by atoms with Crippen LogP contribution in [0.5, 0.6) is 0 Å². The van der Waals surface area contributed by atoms with Gasteiger partial charge in [0.05, 0.1) is 17.7 Å². The first-order valence-corrected chi connectivity index (χ1v) is 9.34. The van der Waals surface area contributed by atoms with E-state index in [9.17, 15) is 14.7 Å². The van der Waals surface area contributed by atoms with Crippen molar-refractivity contribution in [2.75, 3.05) is 19.6 Å². The van der Waals surface area contributed by atoms with Crippen LogP contribution in [0.25, 0.3) is 10.4 Å². The number of carboxylic acid groups (broad SMARTS) is 1. The summed E-state index contributed by atoms with van der Waals surface area (Å²) in [5, 5.41) is 13.5. The molecule has 0 atom stereocenters. The SMILES string of the molecule is [N-]=[N+]=NCC12CC(C(=O)O)(C1)C1(CCN(C(=O)OCc3ccccc3)CC1)O2. The molecule has 1 amide bonds. The molecule has 9 nitrogen and oxygen atoms in total. The van der Waals surface area contributed by atoms with Gasteiger partial charge in [-0.2, -0.15) is 0 Å². The molecule has 1 saturated carbocycles. The van der Waals surface area contributed by atoms with Crippen molar-refractivity contribution in [2.45, 2.75) is 43.5 Å². The van der Waals surface area contributed by atoms with Crippen molar-refractivity contribution < 1.29 is 24.2 Å². The highest BCUT2D eigenvalue weighted by Gasteiger charge is 2.78. The summed E-state index contributed by atoms with van der Waals surface area (Å²) in [6, 6.07) is 9.44. The molecule has 1 N–H and O–H groups in total. The number of ether oxygens (including phenoxy) is 2. The van der Waals surface area contributed by atoms with E-state index in [0.717, 1.165) is 5.56 Å². The zero-order valence-electron chi connectivity index (χ0n) is 15.4. The van der Waals surface area contributed by atoms with Crippen LogP contribution in [0.15, 0.2) is 35.4 Å². The van der Waals surface area contributed by atoms with E-state index in [0.29, 0.717) is 38.8 Å². The Kier molecular flexibility index (Phi) is 4.44. The second kappa shape index (κ2) is 6.68. The fraction of sp³-hybridized carbons (Fsp3) is 0.579. The van der Waals surface area contributed by atoms with Crippen LogP contribution in [0, 0.1) is 5.41 Å². The van der Waals surface area contributed by atoms with Gasteiger partial charge >= 0.3 is 12.1 Å². The predicted octanol–water partition coefficient (Wildman–Crippen LogP) is 3.10. The molecule has 3 saturated heterocycles. The van der Waals surface area contributed by atoms with Crippen LogP contribution in [0.2, 0.25) is 0 Å². The van der Waals surface area contributed by atoms with Crippen LogP contribution >= 0.6 is 0 Å². The number of likely N-dealkylation sites (tertiary alicyclic amines) is 1. The van der Waals surface area contributed by atoms with E-state index in [1.807, 2.05) is 30.3 Å². The highest BCUT2D eigenvalue weighted by atomic mass is 16.6. The lowest BCUT2D eigenvalue weighted by Gasteiger charge is -2.47. The first-order chi connectivity index (χ1) is 13.4. The molecule has 1 aliphatic carbocycles. The molecule has 9 heteroatoms. The van der Waals surface area contributed by atoms with Gasteiger partial charge in [-0.15, -0.1) is 0 Å². The van der Waals surface area contributed by atoms with Crippen molar-refractivity contribution in [3.8, 4) is 0 Å². The van der Waals surface area contributed by atoms with E-state index in [-0.39, 0.29) is 13.2 Å². The second-order valence-corrected chi connectivity index (χ2v) is 7.94. The molecule has 3 heterocycles. The van der Waals surface area contributed by atoms with Gasteiger partial charge in [-0.05, 0) is 36.8 Å². The number of nitrogens with zero attached hydrogens (tertiary/aromatic N) is 4. The number of hydrogen-bond donors (Lipinski definition) is 1. The van der Waals surface area contributed by atoms with Gasteiger partial charge in [0.2, 0.25) is 0 Å². The molecule has 0 aromatic heterocycles. The van der Waals surface area contributed by atoms with Gasteiger partial charge in [0, 0.05) is 18.0 Å². The van der Waals surface area contributed by atoms with Crippen LogP contribution in [0.1, 0.15) is 31.2 Å². The number of carbonyl (C=O) groups is 2. The summed E-state index contributed by atoms with van der Waals surface area (Å²) in [7, 11) is 0. The number of benzene rings is 1. The quantitative estimate of drug-likeness (QED) is 0.473. The Bertz CT molecular complexity index is 822. The third kappa shape index (κ3) is 2.78. The minimum Gasteiger partial charge on any atom is -0.481 e. The number of amides is 1. The fourth-order valence-corrected chi connectivity index (χ4v) is 5.05. The lowest BCUT2D eigenvalue weighted by molar-refractivity contribution is -0.160. The first kappa shape index (κ1) is 18.6. The molecule has 3 aliphatic heterocycles. The molecule has 5 rings (SSSR count). The molecule has 28 heavy (non-hydrogen) atoms. The molecule has 4 aliphatic rings. The summed E-state index contributed by atoms with van der Waals surface area (Å²) >= 11 is 0. The largest absolute Gasteiger partial charge is 0.481 e. The lowest BCUT2D eigenvalue weighted by atomic mass is 9.54. The van der Waals surface area contributed by atoms with E-state index in [1.165, 1.54) is 0 Å². The third-order valence-corrected chi connectivity index (χ3v) is 6.40. The molecule has 0 unspecified atom stereocenters. The van der Waals surface area contributed by atoms with Gasteiger partial charge in [-0.3, -0.25) is 4.79 Å². The van der Waals surface area contributed by atoms with Crippen molar-refractivity contribution in [3.05, 3.63) is 46.3 Å². The summed E-state index contributed by atoms with van der Waals surface area (Å²) in [6.45, 7) is 1.09. The van der Waals surface area contributed by atoms with Crippen molar-refractivity contribution in [1.29, 1.82) is 0 Å². The Balaban J connectivity index is 1.39. The van der Waals surface area contributed by atoms with Crippen LogP contribution in [0.4, 0.5) is 4.79 Å². The van der Waals surface area contributed by atoms with Crippen LogP contribution in [-0.4, -0.2) is 52.9 Å². The number of carbonyl (C=O) groups excluding carboxylic acids is 1. The lowest BCUT2D eigenvalue weighted by Crippen LogP contribution is -2.58. The zero-order valence-corrected chi connectivity index (χ0v) is 15.4. The predicted molar refractivity (Wildman–Crippen MR) is 97.3 cm³/mol. The van der Waals surface area contributed by atoms with Crippen LogP contribution in [0.3, 0.4) is 0 Å². The number of carboxylic acids is 1. The maximum Gasteiger partial charge on any atom is 0.410 e. The average Bonchev–Trinajstić information content (AvgIpc) is 3.10. The molecular weight excluding hydrogens is 364 g/mol. The van der Waals surface area contributed by atoms with Crippen molar-refractivity contribution in [3.63, 3.8) is 0 Å².